The second kappa shape index (κ2) is 4.44. The lowest BCUT2D eigenvalue weighted by atomic mass is 9.91. The number of amides is 1. The second-order valence-corrected chi connectivity index (χ2v) is 3.99. The summed E-state index contributed by atoms with van der Waals surface area (Å²) in [4.78, 5) is 18.3. The smallest absolute Gasteiger partial charge is 0.269 e. The molecule has 0 aromatic carbocycles. The molecule has 82 valence electrons. The average molecular weight is 208 g/mol. The summed E-state index contributed by atoms with van der Waals surface area (Å²) >= 11 is 0. The molecule has 0 aliphatic heterocycles. The maximum absolute atomic E-state index is 11.7. The number of aromatic nitrogens is 2. The van der Waals surface area contributed by atoms with Crippen molar-refractivity contribution in [3.63, 3.8) is 0 Å². The zero-order valence-electron chi connectivity index (χ0n) is 8.57. The molecule has 5 heteroatoms. The van der Waals surface area contributed by atoms with Gasteiger partial charge in [-0.05, 0) is 12.8 Å². The van der Waals surface area contributed by atoms with Gasteiger partial charge in [0, 0.05) is 12.1 Å². The molecule has 2 unspecified atom stereocenters. The second-order valence-electron chi connectivity index (χ2n) is 3.99. The zero-order chi connectivity index (χ0) is 10.7. The maximum atomic E-state index is 11.7. The van der Waals surface area contributed by atoms with Gasteiger partial charge < -0.3 is 16.0 Å². The highest BCUT2D eigenvalue weighted by Gasteiger charge is 2.23. The van der Waals surface area contributed by atoms with Gasteiger partial charge in [-0.25, -0.2) is 4.98 Å². The minimum Gasteiger partial charge on any atom is -0.346 e. The van der Waals surface area contributed by atoms with Crippen molar-refractivity contribution in [1.29, 1.82) is 0 Å². The van der Waals surface area contributed by atoms with Gasteiger partial charge in [0.2, 0.25) is 0 Å². The minimum absolute atomic E-state index is 0.0885. The van der Waals surface area contributed by atoms with Gasteiger partial charge in [0.15, 0.2) is 0 Å². The Balaban J connectivity index is 1.93. The predicted molar refractivity (Wildman–Crippen MR) is 56.3 cm³/mol. The molecule has 0 radical (unpaired) electrons. The molecule has 1 saturated carbocycles. The molecule has 1 aromatic heterocycles. The van der Waals surface area contributed by atoms with Crippen molar-refractivity contribution < 1.29 is 4.79 Å². The summed E-state index contributed by atoms with van der Waals surface area (Å²) in [7, 11) is 0. The lowest BCUT2D eigenvalue weighted by Crippen LogP contribution is -2.49. The van der Waals surface area contributed by atoms with Gasteiger partial charge in [-0.15, -0.1) is 0 Å². The number of hydrogen-bond donors (Lipinski definition) is 3. The Kier molecular flexibility index (Phi) is 3.01. The molecule has 1 amide bonds. The summed E-state index contributed by atoms with van der Waals surface area (Å²) in [6, 6.07) is 0.195. The van der Waals surface area contributed by atoms with Crippen LogP contribution in [0.2, 0.25) is 0 Å². The Morgan fingerprint density at radius 3 is 3.00 bits per heavy atom. The summed E-state index contributed by atoms with van der Waals surface area (Å²) in [6.45, 7) is 0. The number of nitrogens with one attached hydrogen (secondary N) is 2. The van der Waals surface area contributed by atoms with Crippen LogP contribution in [0.15, 0.2) is 12.5 Å². The highest BCUT2D eigenvalue weighted by molar-refractivity contribution is 5.92. The Morgan fingerprint density at radius 1 is 1.53 bits per heavy atom. The molecular formula is C10H16N4O. The molecule has 1 fully saturated rings. The van der Waals surface area contributed by atoms with Gasteiger partial charge in [-0.3, -0.25) is 4.79 Å². The molecule has 1 aliphatic rings. The topological polar surface area (TPSA) is 83.8 Å². The van der Waals surface area contributed by atoms with E-state index < -0.39 is 0 Å². The molecule has 4 N–H and O–H groups in total. The molecule has 1 heterocycles. The van der Waals surface area contributed by atoms with E-state index in [0.29, 0.717) is 5.69 Å². The molecule has 1 aromatic rings. The quantitative estimate of drug-likeness (QED) is 0.658. The van der Waals surface area contributed by atoms with Gasteiger partial charge in [0.1, 0.15) is 5.69 Å². The maximum Gasteiger partial charge on any atom is 0.269 e. The Morgan fingerprint density at radius 2 is 2.33 bits per heavy atom. The first-order valence-electron chi connectivity index (χ1n) is 5.32. The normalized spacial score (nSPS) is 26.2. The molecule has 0 spiro atoms. The summed E-state index contributed by atoms with van der Waals surface area (Å²) in [6.07, 6.45) is 7.29. The van der Waals surface area contributed by atoms with Crippen molar-refractivity contribution in [1.82, 2.24) is 15.3 Å². The molecule has 0 saturated heterocycles. The number of carbonyl (C=O) groups is 1. The summed E-state index contributed by atoms with van der Waals surface area (Å²) < 4.78 is 0. The summed E-state index contributed by atoms with van der Waals surface area (Å²) in [5.74, 6) is -0.116. The minimum atomic E-state index is -0.116. The van der Waals surface area contributed by atoms with Crippen LogP contribution < -0.4 is 11.1 Å². The predicted octanol–water partition coefficient (Wildman–Crippen LogP) is 0.409. The van der Waals surface area contributed by atoms with E-state index >= 15 is 0 Å². The first kappa shape index (κ1) is 10.2. The number of nitrogens with two attached hydrogens (primary N) is 1. The van der Waals surface area contributed by atoms with Gasteiger partial charge in [-0.1, -0.05) is 12.8 Å². The fraction of sp³-hybridized carbons (Fsp3) is 0.600. The summed E-state index contributed by atoms with van der Waals surface area (Å²) in [5.41, 5.74) is 6.43. The van der Waals surface area contributed by atoms with Crippen LogP contribution in [-0.4, -0.2) is 28.0 Å². The van der Waals surface area contributed by atoms with Crippen molar-refractivity contribution >= 4 is 5.91 Å². The van der Waals surface area contributed by atoms with Crippen molar-refractivity contribution in [2.75, 3.05) is 0 Å². The number of aromatic amines is 1. The van der Waals surface area contributed by atoms with E-state index in [1.54, 1.807) is 0 Å². The van der Waals surface area contributed by atoms with Crippen LogP contribution in [0.25, 0.3) is 0 Å². The number of hydrogen-bond acceptors (Lipinski definition) is 3. The van der Waals surface area contributed by atoms with Gasteiger partial charge in [0.25, 0.3) is 5.91 Å². The van der Waals surface area contributed by atoms with E-state index in [0.717, 1.165) is 25.7 Å². The summed E-state index contributed by atoms with van der Waals surface area (Å²) in [5, 5.41) is 2.94. The molecule has 15 heavy (non-hydrogen) atoms. The largest absolute Gasteiger partial charge is 0.346 e. The van der Waals surface area contributed by atoms with E-state index in [-0.39, 0.29) is 18.0 Å². The molecule has 1 aliphatic carbocycles. The standard InChI is InChI=1S/C10H16N4O/c11-7-3-1-2-4-8(7)14-10(15)9-5-12-6-13-9/h5-8H,1-4,11H2,(H,12,13)(H,14,15). The van der Waals surface area contributed by atoms with Crippen molar-refractivity contribution in [2.24, 2.45) is 5.73 Å². The third-order valence-electron chi connectivity index (χ3n) is 2.88. The van der Waals surface area contributed by atoms with Crippen LogP contribution in [0.4, 0.5) is 0 Å². The van der Waals surface area contributed by atoms with Crippen LogP contribution in [-0.2, 0) is 0 Å². The van der Waals surface area contributed by atoms with Crippen LogP contribution in [0.1, 0.15) is 36.2 Å². The number of imidazole rings is 1. The van der Waals surface area contributed by atoms with Gasteiger partial charge >= 0.3 is 0 Å². The number of nitrogens with zero attached hydrogens (tertiary/aromatic N) is 1. The van der Waals surface area contributed by atoms with E-state index in [1.165, 1.54) is 12.5 Å². The Hall–Kier alpha value is -1.36. The molecular weight excluding hydrogens is 192 g/mol. The van der Waals surface area contributed by atoms with Crippen LogP contribution in [0, 0.1) is 0 Å². The van der Waals surface area contributed by atoms with E-state index in [2.05, 4.69) is 15.3 Å². The third-order valence-corrected chi connectivity index (χ3v) is 2.88. The molecule has 5 nitrogen and oxygen atoms in total. The van der Waals surface area contributed by atoms with Crippen molar-refractivity contribution in [3.05, 3.63) is 18.2 Å². The molecule has 2 rings (SSSR count). The number of H-pyrrole nitrogens is 1. The Bertz CT molecular complexity index is 322. The zero-order valence-corrected chi connectivity index (χ0v) is 8.57. The third kappa shape index (κ3) is 2.36. The van der Waals surface area contributed by atoms with Gasteiger partial charge in [-0.2, -0.15) is 0 Å². The van der Waals surface area contributed by atoms with E-state index in [1.807, 2.05) is 0 Å². The molecule has 0 bridgehead atoms. The monoisotopic (exact) mass is 208 g/mol. The van der Waals surface area contributed by atoms with Crippen molar-refractivity contribution in [3.8, 4) is 0 Å². The van der Waals surface area contributed by atoms with Crippen LogP contribution in [0.5, 0.6) is 0 Å². The highest BCUT2D eigenvalue weighted by atomic mass is 16.2. The van der Waals surface area contributed by atoms with Crippen LogP contribution >= 0.6 is 0 Å². The lowest BCUT2D eigenvalue weighted by molar-refractivity contribution is 0.0916. The van der Waals surface area contributed by atoms with E-state index in [4.69, 9.17) is 5.73 Å². The molecule has 2 atom stereocenters. The first-order valence-corrected chi connectivity index (χ1v) is 5.32. The highest BCUT2D eigenvalue weighted by Crippen LogP contribution is 2.17. The van der Waals surface area contributed by atoms with Crippen molar-refractivity contribution in [2.45, 2.75) is 37.8 Å². The first-order chi connectivity index (χ1) is 7.27. The SMILES string of the molecule is NC1CCCCC1NC(=O)c1cnc[nH]1. The average Bonchev–Trinajstić information content (AvgIpc) is 2.74. The van der Waals surface area contributed by atoms with Crippen LogP contribution in [0.3, 0.4) is 0 Å². The number of rotatable bonds is 2. The van der Waals surface area contributed by atoms with Gasteiger partial charge in [0.05, 0.1) is 12.5 Å². The number of carbonyl (C=O) groups excluding carboxylic acids is 1. The Labute approximate surface area is 88.5 Å². The fourth-order valence-corrected chi connectivity index (χ4v) is 1.96. The van der Waals surface area contributed by atoms with E-state index in [9.17, 15) is 4.79 Å². The lowest BCUT2D eigenvalue weighted by Gasteiger charge is -2.29. The fourth-order valence-electron chi connectivity index (χ4n) is 1.96.